The van der Waals surface area contributed by atoms with Crippen molar-refractivity contribution in [2.75, 3.05) is 31.8 Å². The summed E-state index contributed by atoms with van der Waals surface area (Å²) in [7, 11) is -1.88. The van der Waals surface area contributed by atoms with E-state index in [0.29, 0.717) is 54.6 Å². The van der Waals surface area contributed by atoms with Crippen LogP contribution < -0.4 is 14.8 Å². The van der Waals surface area contributed by atoms with Crippen LogP contribution in [0.25, 0.3) is 0 Å². The number of aryl methyl sites for hydroxylation is 1. The predicted molar refractivity (Wildman–Crippen MR) is 122 cm³/mol. The third-order valence-corrected chi connectivity index (χ3v) is 7.91. The van der Waals surface area contributed by atoms with E-state index in [2.05, 4.69) is 20.3 Å². The quantitative estimate of drug-likeness (QED) is 0.608. The zero-order chi connectivity index (χ0) is 24.4. The second-order valence-corrected chi connectivity index (χ2v) is 10.9. The normalized spacial score (nSPS) is 15.2. The Morgan fingerprint density at radius 2 is 1.91 bits per heavy atom. The number of hydrogen-bond acceptors (Lipinski definition) is 9. The molecule has 1 fully saturated rings. The van der Waals surface area contributed by atoms with Gasteiger partial charge in [0.1, 0.15) is 17.2 Å². The molecule has 12 heteroatoms. The molecule has 0 aliphatic carbocycles. The molecule has 3 rings (SSSR count). The minimum atomic E-state index is -3.36. The third kappa shape index (κ3) is 5.27. The van der Waals surface area contributed by atoms with Gasteiger partial charge in [0.2, 0.25) is 5.75 Å². The first-order valence-corrected chi connectivity index (χ1v) is 12.3. The van der Waals surface area contributed by atoms with Crippen LogP contribution in [0.5, 0.6) is 11.6 Å². The largest absolute Gasteiger partial charge is 0.489 e. The van der Waals surface area contributed by atoms with Gasteiger partial charge in [0.25, 0.3) is 5.88 Å². The van der Waals surface area contributed by atoms with Crippen LogP contribution in [-0.2, 0) is 14.6 Å². The molecule has 0 aromatic carbocycles. The highest BCUT2D eigenvalue weighted by molar-refractivity contribution is 7.91. The van der Waals surface area contributed by atoms with Gasteiger partial charge in [0, 0.05) is 32.2 Å². The van der Waals surface area contributed by atoms with E-state index in [9.17, 15) is 13.2 Å². The van der Waals surface area contributed by atoms with Gasteiger partial charge in [-0.15, -0.1) is 0 Å². The summed E-state index contributed by atoms with van der Waals surface area (Å²) in [5.74, 6) is 0.924. The number of sulfone groups is 1. The van der Waals surface area contributed by atoms with E-state index in [1.54, 1.807) is 32.9 Å². The van der Waals surface area contributed by atoms with Gasteiger partial charge < -0.3 is 24.8 Å². The van der Waals surface area contributed by atoms with Crippen LogP contribution in [0.1, 0.15) is 38.1 Å². The zero-order valence-electron chi connectivity index (χ0n) is 19.3. The van der Waals surface area contributed by atoms with Crippen molar-refractivity contribution in [1.82, 2.24) is 19.9 Å². The highest BCUT2D eigenvalue weighted by Gasteiger charge is 2.34. The number of nitrogens with zero attached hydrogens (tertiary/aromatic N) is 4. The number of amides is 1. The first kappa shape index (κ1) is 24.5. The van der Waals surface area contributed by atoms with Crippen LogP contribution in [0.2, 0.25) is 0 Å². The summed E-state index contributed by atoms with van der Waals surface area (Å²) in [5, 5.41) is 12.3. The molecule has 0 atom stereocenters. The van der Waals surface area contributed by atoms with Gasteiger partial charge in [0.15, 0.2) is 15.7 Å². The minimum Gasteiger partial charge on any atom is -0.489 e. The fourth-order valence-electron chi connectivity index (χ4n) is 3.38. The molecular formula is C21H29N5O6S. The molecule has 33 heavy (non-hydrogen) atoms. The van der Waals surface area contributed by atoms with E-state index in [-0.39, 0.29) is 12.0 Å². The lowest BCUT2D eigenvalue weighted by atomic mass is 10.1. The fourth-order valence-corrected chi connectivity index (χ4v) is 3.88. The average Bonchev–Trinajstić information content (AvgIpc) is 2.75. The smallest absolute Gasteiger partial charge is 0.407 e. The molecule has 1 aliphatic heterocycles. The van der Waals surface area contributed by atoms with Crippen molar-refractivity contribution in [2.45, 2.75) is 44.5 Å². The molecule has 1 aliphatic rings. The maximum absolute atomic E-state index is 12.1. The number of nitrogens with one attached hydrogen (secondary N) is 1. The Bertz CT molecular complexity index is 1130. The van der Waals surface area contributed by atoms with Crippen LogP contribution in [0.15, 0.2) is 18.5 Å². The van der Waals surface area contributed by atoms with Crippen molar-refractivity contribution in [3.63, 3.8) is 0 Å². The van der Waals surface area contributed by atoms with Crippen LogP contribution in [0, 0.1) is 6.92 Å². The molecule has 0 unspecified atom stereocenters. The summed E-state index contributed by atoms with van der Waals surface area (Å²) in [4.78, 5) is 25.4. The highest BCUT2D eigenvalue weighted by atomic mass is 32.2. The molecule has 2 N–H and O–H groups in total. The van der Waals surface area contributed by atoms with Crippen LogP contribution in [0.3, 0.4) is 0 Å². The van der Waals surface area contributed by atoms with Crippen LogP contribution >= 0.6 is 0 Å². The highest BCUT2D eigenvalue weighted by Crippen LogP contribution is 2.36. The van der Waals surface area contributed by atoms with E-state index in [1.807, 2.05) is 0 Å². The standard InChI is InChI=1S/C21H29N5O6S/c1-13-15(6-7-16(24-13)21(2,3)33(5,29)30)25-18-17(31-4)19(23-12-22-18)32-14-8-10-26(11-9-14)20(27)28/h6-7,12,14H,8-11H2,1-5H3,(H,27,28)(H,22,23,25). The van der Waals surface area contributed by atoms with Gasteiger partial charge in [-0.25, -0.2) is 18.2 Å². The van der Waals surface area contributed by atoms with Gasteiger partial charge in [-0.05, 0) is 32.9 Å². The number of ether oxygens (including phenoxy) is 2. The Labute approximate surface area is 193 Å². The van der Waals surface area contributed by atoms with Gasteiger partial charge in [-0.3, -0.25) is 4.98 Å². The van der Waals surface area contributed by atoms with Crippen molar-refractivity contribution in [3.8, 4) is 11.6 Å². The fraction of sp³-hybridized carbons (Fsp3) is 0.524. The number of pyridine rings is 1. The monoisotopic (exact) mass is 479 g/mol. The minimum absolute atomic E-state index is 0.196. The second-order valence-electron chi connectivity index (χ2n) is 8.38. The summed E-state index contributed by atoms with van der Waals surface area (Å²) >= 11 is 0. The molecule has 0 bridgehead atoms. The van der Waals surface area contributed by atoms with Crippen molar-refractivity contribution in [1.29, 1.82) is 0 Å². The lowest BCUT2D eigenvalue weighted by molar-refractivity contribution is 0.0852. The molecule has 1 amide bonds. The van der Waals surface area contributed by atoms with Crippen LogP contribution in [0.4, 0.5) is 16.3 Å². The summed E-state index contributed by atoms with van der Waals surface area (Å²) in [6.07, 6.45) is 2.49. The van der Waals surface area contributed by atoms with Crippen molar-refractivity contribution < 1.29 is 27.8 Å². The molecule has 0 radical (unpaired) electrons. The zero-order valence-corrected chi connectivity index (χ0v) is 20.1. The molecule has 180 valence electrons. The van der Waals surface area contributed by atoms with Crippen LogP contribution in [-0.4, -0.2) is 72.0 Å². The van der Waals surface area contributed by atoms with Crippen molar-refractivity contribution in [2.24, 2.45) is 0 Å². The molecule has 2 aromatic heterocycles. The average molecular weight is 480 g/mol. The molecule has 3 heterocycles. The predicted octanol–water partition coefficient (Wildman–Crippen LogP) is 2.73. The van der Waals surface area contributed by atoms with E-state index in [4.69, 9.17) is 14.6 Å². The molecule has 11 nitrogen and oxygen atoms in total. The number of rotatable bonds is 7. The number of carboxylic acid groups (broad SMARTS) is 1. The maximum atomic E-state index is 12.1. The summed E-state index contributed by atoms with van der Waals surface area (Å²) in [5.41, 5.74) is 1.66. The number of methoxy groups -OCH3 is 1. The molecule has 1 saturated heterocycles. The lowest BCUT2D eigenvalue weighted by Crippen LogP contribution is -2.41. The van der Waals surface area contributed by atoms with Gasteiger partial charge in [-0.1, -0.05) is 0 Å². The van der Waals surface area contributed by atoms with E-state index < -0.39 is 20.7 Å². The van der Waals surface area contributed by atoms with E-state index >= 15 is 0 Å². The Morgan fingerprint density at radius 3 is 2.45 bits per heavy atom. The Hall–Kier alpha value is -3.15. The van der Waals surface area contributed by atoms with E-state index in [0.717, 1.165) is 0 Å². The molecule has 0 saturated carbocycles. The number of hydrogen-bond donors (Lipinski definition) is 2. The topological polar surface area (TPSA) is 144 Å². The maximum Gasteiger partial charge on any atom is 0.407 e. The van der Waals surface area contributed by atoms with E-state index in [1.165, 1.54) is 24.6 Å². The SMILES string of the molecule is COc1c(Nc2ccc(C(C)(C)S(C)(=O)=O)nc2C)ncnc1OC1CCN(C(=O)O)CC1. The Morgan fingerprint density at radius 1 is 1.24 bits per heavy atom. The molecule has 2 aromatic rings. The summed E-state index contributed by atoms with van der Waals surface area (Å²) in [6, 6.07) is 3.41. The molecular weight excluding hydrogens is 450 g/mol. The lowest BCUT2D eigenvalue weighted by Gasteiger charge is -2.30. The number of piperidine rings is 1. The number of likely N-dealkylation sites (tertiary alicyclic amines) is 1. The first-order valence-electron chi connectivity index (χ1n) is 10.4. The van der Waals surface area contributed by atoms with Crippen molar-refractivity contribution in [3.05, 3.63) is 29.8 Å². The second kappa shape index (κ2) is 9.38. The van der Waals surface area contributed by atoms with Gasteiger partial charge in [0.05, 0.1) is 24.2 Å². The Kier molecular flexibility index (Phi) is 6.96. The van der Waals surface area contributed by atoms with Gasteiger partial charge in [-0.2, -0.15) is 4.98 Å². The van der Waals surface area contributed by atoms with Crippen molar-refractivity contribution >= 4 is 27.4 Å². The Balaban J connectivity index is 1.80. The summed E-state index contributed by atoms with van der Waals surface area (Å²) in [6.45, 7) is 5.79. The third-order valence-electron chi connectivity index (χ3n) is 5.85. The summed E-state index contributed by atoms with van der Waals surface area (Å²) < 4.78 is 34.7. The number of carbonyl (C=O) groups is 1. The number of aromatic nitrogens is 3. The number of anilines is 2. The van der Waals surface area contributed by atoms with Gasteiger partial charge >= 0.3 is 6.09 Å². The first-order chi connectivity index (χ1) is 15.4. The molecule has 0 spiro atoms.